The van der Waals surface area contributed by atoms with Gasteiger partial charge in [0, 0.05) is 32.1 Å². The van der Waals surface area contributed by atoms with Crippen molar-refractivity contribution in [1.29, 1.82) is 0 Å². The highest BCUT2D eigenvalue weighted by Crippen LogP contribution is 2.14. The number of nitrogens with one attached hydrogen (secondary N) is 3. The van der Waals surface area contributed by atoms with Crippen molar-refractivity contribution in [3.63, 3.8) is 0 Å². The van der Waals surface area contributed by atoms with Crippen molar-refractivity contribution in [3.8, 4) is 0 Å². The van der Waals surface area contributed by atoms with Gasteiger partial charge in [0.15, 0.2) is 0 Å². The lowest BCUT2D eigenvalue weighted by atomic mass is 10.0. The second-order valence-electron chi connectivity index (χ2n) is 4.26. The minimum atomic E-state index is -0.978. The van der Waals surface area contributed by atoms with E-state index in [9.17, 15) is 9.59 Å². The fraction of sp³-hybridized carbons (Fsp3) is 0.462. The predicted molar refractivity (Wildman–Crippen MR) is 76.5 cm³/mol. The van der Waals surface area contributed by atoms with Crippen LogP contribution in [0.5, 0.6) is 0 Å². The van der Waals surface area contributed by atoms with Crippen molar-refractivity contribution in [3.05, 3.63) is 23.4 Å². The zero-order chi connectivity index (χ0) is 15.0. The summed E-state index contributed by atoms with van der Waals surface area (Å²) in [4.78, 5) is 26.0. The zero-order valence-electron chi connectivity index (χ0n) is 11.7. The highest BCUT2D eigenvalue weighted by atomic mass is 16.4. The quantitative estimate of drug-likeness (QED) is 0.476. The lowest BCUT2D eigenvalue weighted by molar-refractivity contribution is -0.132. The monoisotopic (exact) mass is 280 g/mol. The third kappa shape index (κ3) is 5.23. The fourth-order valence-electron chi connectivity index (χ4n) is 1.70. The van der Waals surface area contributed by atoms with Crippen LogP contribution in [0.3, 0.4) is 0 Å². The number of nitrogens with zero attached hydrogens (tertiary/aromatic N) is 1. The maximum atomic E-state index is 11.1. The number of amides is 1. The summed E-state index contributed by atoms with van der Waals surface area (Å²) in [5, 5.41) is 17.8. The van der Waals surface area contributed by atoms with Crippen LogP contribution in [0.25, 0.3) is 0 Å². The molecule has 0 saturated carbocycles. The molecule has 0 aliphatic heterocycles. The van der Waals surface area contributed by atoms with Crippen molar-refractivity contribution in [2.45, 2.75) is 13.3 Å². The molecule has 7 nitrogen and oxygen atoms in total. The van der Waals surface area contributed by atoms with Gasteiger partial charge in [-0.3, -0.25) is 9.79 Å². The summed E-state index contributed by atoms with van der Waals surface area (Å²) < 4.78 is 0. The first-order valence-electron chi connectivity index (χ1n) is 6.36. The van der Waals surface area contributed by atoms with Crippen LogP contribution in [0.15, 0.2) is 28.4 Å². The van der Waals surface area contributed by atoms with E-state index in [2.05, 4.69) is 20.9 Å². The predicted octanol–water partition coefficient (Wildman–Crippen LogP) is -0.371. The van der Waals surface area contributed by atoms with Gasteiger partial charge in [-0.05, 0) is 13.1 Å². The molecule has 1 rings (SSSR count). The topological polar surface area (TPSA) is 103 Å². The molecule has 7 heteroatoms. The van der Waals surface area contributed by atoms with Crippen LogP contribution in [0.1, 0.15) is 13.3 Å². The molecule has 0 unspecified atom stereocenters. The molecule has 1 aliphatic rings. The summed E-state index contributed by atoms with van der Waals surface area (Å²) in [6, 6.07) is 0. The van der Waals surface area contributed by atoms with Gasteiger partial charge in [-0.15, -0.1) is 0 Å². The van der Waals surface area contributed by atoms with Gasteiger partial charge >= 0.3 is 5.97 Å². The fourth-order valence-corrected chi connectivity index (χ4v) is 1.70. The molecule has 0 aromatic rings. The average Bonchev–Trinajstić information content (AvgIpc) is 2.41. The van der Waals surface area contributed by atoms with Gasteiger partial charge in [-0.25, -0.2) is 4.79 Å². The molecule has 0 heterocycles. The molecule has 1 amide bonds. The van der Waals surface area contributed by atoms with Crippen LogP contribution in [0, 0.1) is 0 Å². The van der Waals surface area contributed by atoms with Crippen LogP contribution >= 0.6 is 0 Å². The van der Waals surface area contributed by atoms with Gasteiger partial charge in [0.05, 0.1) is 18.0 Å². The molecule has 110 valence electrons. The van der Waals surface area contributed by atoms with Gasteiger partial charge < -0.3 is 21.1 Å². The number of carbonyl (C=O) groups excluding carboxylic acids is 1. The summed E-state index contributed by atoms with van der Waals surface area (Å²) in [6.07, 6.45) is 3.88. The van der Waals surface area contributed by atoms with Gasteiger partial charge in [0.1, 0.15) is 0 Å². The number of rotatable bonds is 7. The minimum absolute atomic E-state index is 0.0752. The first kappa shape index (κ1) is 15.9. The lowest BCUT2D eigenvalue weighted by Gasteiger charge is -2.15. The van der Waals surface area contributed by atoms with Crippen LogP contribution in [-0.4, -0.2) is 49.5 Å². The Morgan fingerprint density at radius 1 is 1.40 bits per heavy atom. The largest absolute Gasteiger partial charge is 0.478 e. The average molecular weight is 280 g/mol. The van der Waals surface area contributed by atoms with E-state index in [1.807, 2.05) is 0 Å². The van der Waals surface area contributed by atoms with E-state index in [1.165, 1.54) is 6.92 Å². The Hall–Kier alpha value is -2.15. The van der Waals surface area contributed by atoms with Gasteiger partial charge in [-0.1, -0.05) is 6.08 Å². The van der Waals surface area contributed by atoms with Crippen LogP contribution in [-0.2, 0) is 9.59 Å². The van der Waals surface area contributed by atoms with Gasteiger partial charge in [-0.2, -0.15) is 0 Å². The Morgan fingerprint density at radius 2 is 2.15 bits per heavy atom. The molecule has 0 fully saturated rings. The van der Waals surface area contributed by atoms with E-state index >= 15 is 0 Å². The molecule has 4 N–H and O–H groups in total. The van der Waals surface area contributed by atoms with Crippen molar-refractivity contribution < 1.29 is 14.7 Å². The molecule has 1 aliphatic carbocycles. The second kappa shape index (κ2) is 8.11. The van der Waals surface area contributed by atoms with E-state index in [0.717, 1.165) is 5.70 Å². The Labute approximate surface area is 117 Å². The third-order valence-electron chi connectivity index (χ3n) is 2.60. The van der Waals surface area contributed by atoms with Crippen LogP contribution < -0.4 is 16.0 Å². The maximum Gasteiger partial charge on any atom is 0.337 e. The number of hydrogen-bond acceptors (Lipinski definition) is 5. The second-order valence-corrected chi connectivity index (χ2v) is 4.26. The summed E-state index contributed by atoms with van der Waals surface area (Å²) in [5.74, 6) is -1.05. The first-order chi connectivity index (χ1) is 9.54. The molecule has 0 spiro atoms. The van der Waals surface area contributed by atoms with Crippen LogP contribution in [0.4, 0.5) is 0 Å². The SMILES string of the molecule is CNCN=C1C=C(NCCNC(C)=O)CC=C1C(=O)O. The molecule has 20 heavy (non-hydrogen) atoms. The number of allylic oxidation sites excluding steroid dienone is 2. The zero-order valence-corrected chi connectivity index (χ0v) is 11.7. The van der Waals surface area contributed by atoms with Crippen LogP contribution in [0.2, 0.25) is 0 Å². The molecular weight excluding hydrogens is 260 g/mol. The number of hydrogen-bond donors (Lipinski definition) is 4. The van der Waals surface area contributed by atoms with E-state index in [4.69, 9.17) is 5.11 Å². The van der Waals surface area contributed by atoms with Crippen molar-refractivity contribution in [1.82, 2.24) is 16.0 Å². The number of carboxylic acids is 1. The summed E-state index contributed by atoms with van der Waals surface area (Å²) in [6.45, 7) is 2.92. The normalized spacial score (nSPS) is 16.4. The summed E-state index contributed by atoms with van der Waals surface area (Å²) in [5.41, 5.74) is 1.54. The van der Waals surface area contributed by atoms with Gasteiger partial charge in [0.25, 0.3) is 0 Å². The van der Waals surface area contributed by atoms with Crippen molar-refractivity contribution >= 4 is 17.6 Å². The molecule has 0 bridgehead atoms. The molecule has 0 saturated heterocycles. The standard InChI is InChI=1S/C13H20N4O3/c1-9(18)15-5-6-16-10-3-4-11(13(19)20)12(7-10)17-8-14-2/h4,7,14,16H,3,5-6,8H2,1-2H3,(H,15,18)(H,19,20). The Balaban J connectivity index is 2.62. The highest BCUT2D eigenvalue weighted by molar-refractivity contribution is 6.24. The lowest BCUT2D eigenvalue weighted by Crippen LogP contribution is -2.31. The van der Waals surface area contributed by atoms with E-state index in [-0.39, 0.29) is 11.5 Å². The molecule has 0 atom stereocenters. The Kier molecular flexibility index (Phi) is 6.45. The molecule has 0 aromatic heterocycles. The van der Waals surface area contributed by atoms with Gasteiger partial charge in [0.2, 0.25) is 5.91 Å². The van der Waals surface area contributed by atoms with E-state index in [1.54, 1.807) is 19.2 Å². The Bertz CT molecular complexity index is 466. The number of aliphatic carboxylic acids is 1. The third-order valence-corrected chi connectivity index (χ3v) is 2.60. The minimum Gasteiger partial charge on any atom is -0.478 e. The Morgan fingerprint density at radius 3 is 2.75 bits per heavy atom. The molecule has 0 radical (unpaired) electrons. The summed E-state index contributed by atoms with van der Waals surface area (Å²) >= 11 is 0. The first-order valence-corrected chi connectivity index (χ1v) is 6.36. The smallest absolute Gasteiger partial charge is 0.337 e. The number of carboxylic acid groups (broad SMARTS) is 1. The maximum absolute atomic E-state index is 11.1. The number of aliphatic imine (C=N–C) groups is 1. The van der Waals surface area contributed by atoms with E-state index < -0.39 is 5.97 Å². The number of carbonyl (C=O) groups is 2. The van der Waals surface area contributed by atoms with Crippen molar-refractivity contribution in [2.75, 3.05) is 26.8 Å². The molecular formula is C13H20N4O3. The van der Waals surface area contributed by atoms with E-state index in [0.29, 0.717) is 31.9 Å². The van der Waals surface area contributed by atoms with Crippen molar-refractivity contribution in [2.24, 2.45) is 4.99 Å². The molecule has 0 aromatic carbocycles. The highest BCUT2D eigenvalue weighted by Gasteiger charge is 2.17. The summed E-state index contributed by atoms with van der Waals surface area (Å²) in [7, 11) is 1.74.